The third-order valence-electron chi connectivity index (χ3n) is 1.15. The number of halogens is 2. The van der Waals surface area contributed by atoms with E-state index in [4.69, 9.17) is 0 Å². The van der Waals surface area contributed by atoms with Gasteiger partial charge in [-0.25, -0.2) is 4.98 Å². The minimum Gasteiger partial charge on any atom is -0.417 e. The molecule has 5 heteroatoms. The van der Waals surface area contributed by atoms with Gasteiger partial charge in [0.25, 0.3) is 0 Å². The summed E-state index contributed by atoms with van der Waals surface area (Å²) in [6.45, 7) is 0.469. The summed E-state index contributed by atoms with van der Waals surface area (Å²) in [7, 11) is 0. The molecule has 0 atom stereocenters. The highest BCUT2D eigenvalue weighted by atomic mass is 19.3. The van der Waals surface area contributed by atoms with Crippen LogP contribution in [0.5, 0.6) is 5.88 Å². The van der Waals surface area contributed by atoms with Gasteiger partial charge in [0.2, 0.25) is 5.88 Å². The summed E-state index contributed by atoms with van der Waals surface area (Å²) >= 11 is 0. The molecular weight excluding hydrogens is 166 g/mol. The molecule has 0 aliphatic carbocycles. The average molecular weight is 174 g/mol. The number of aryl methyl sites for hydroxylation is 2. The molecule has 0 aromatic carbocycles. The number of alkyl halides is 2. The lowest BCUT2D eigenvalue weighted by Gasteiger charge is -2.03. The largest absolute Gasteiger partial charge is 0.417 e. The standard InChI is InChI=1S/C7H8F2N2O/c1-4-3-6(12-7(8)9)11-5(2)10-4/h3,7H,1-2H3. The molecule has 0 radical (unpaired) electrons. The zero-order valence-corrected chi connectivity index (χ0v) is 6.71. The van der Waals surface area contributed by atoms with Gasteiger partial charge in [-0.05, 0) is 13.8 Å². The van der Waals surface area contributed by atoms with E-state index in [-0.39, 0.29) is 5.88 Å². The summed E-state index contributed by atoms with van der Waals surface area (Å²) in [5.74, 6) is 0.334. The van der Waals surface area contributed by atoms with E-state index >= 15 is 0 Å². The van der Waals surface area contributed by atoms with E-state index < -0.39 is 6.61 Å². The van der Waals surface area contributed by atoms with Crippen LogP contribution in [-0.2, 0) is 0 Å². The van der Waals surface area contributed by atoms with E-state index in [1.165, 1.54) is 6.07 Å². The molecule has 1 rings (SSSR count). The second-order valence-corrected chi connectivity index (χ2v) is 2.27. The number of hydrogen-bond donors (Lipinski definition) is 0. The number of hydrogen-bond acceptors (Lipinski definition) is 3. The molecule has 1 heterocycles. The van der Waals surface area contributed by atoms with Crippen LogP contribution in [0, 0.1) is 13.8 Å². The summed E-state index contributed by atoms with van der Waals surface area (Å²) in [6, 6.07) is 1.36. The first-order chi connectivity index (χ1) is 5.58. The smallest absolute Gasteiger partial charge is 0.388 e. The van der Waals surface area contributed by atoms with Gasteiger partial charge in [0.05, 0.1) is 0 Å². The van der Waals surface area contributed by atoms with Crippen LogP contribution in [0.2, 0.25) is 0 Å². The lowest BCUT2D eigenvalue weighted by atomic mass is 10.4. The minimum atomic E-state index is -2.83. The Morgan fingerprint density at radius 1 is 1.33 bits per heavy atom. The first kappa shape index (κ1) is 8.83. The van der Waals surface area contributed by atoms with Crippen LogP contribution >= 0.6 is 0 Å². The number of nitrogens with zero attached hydrogens (tertiary/aromatic N) is 2. The molecule has 0 N–H and O–H groups in total. The average Bonchev–Trinajstić information content (AvgIpc) is 1.81. The van der Waals surface area contributed by atoms with Crippen molar-refractivity contribution in [3.05, 3.63) is 17.6 Å². The van der Waals surface area contributed by atoms with E-state index in [1.54, 1.807) is 13.8 Å². The van der Waals surface area contributed by atoms with Crippen LogP contribution in [-0.4, -0.2) is 16.6 Å². The number of rotatable bonds is 2. The molecule has 1 aromatic heterocycles. The van der Waals surface area contributed by atoms with Crippen molar-refractivity contribution in [2.24, 2.45) is 0 Å². The molecule has 1 aromatic rings. The Kier molecular flexibility index (Phi) is 2.52. The maximum absolute atomic E-state index is 11.7. The van der Waals surface area contributed by atoms with Gasteiger partial charge in [-0.15, -0.1) is 0 Å². The van der Waals surface area contributed by atoms with Crippen LogP contribution in [0.4, 0.5) is 8.78 Å². The van der Waals surface area contributed by atoms with Gasteiger partial charge in [-0.3, -0.25) is 0 Å². The van der Waals surface area contributed by atoms with Gasteiger partial charge < -0.3 is 4.74 Å². The van der Waals surface area contributed by atoms with Crippen LogP contribution < -0.4 is 4.74 Å². The second kappa shape index (κ2) is 3.42. The summed E-state index contributed by atoms with van der Waals surface area (Å²) < 4.78 is 27.5. The fourth-order valence-electron chi connectivity index (χ4n) is 0.835. The molecule has 66 valence electrons. The van der Waals surface area contributed by atoms with E-state index in [9.17, 15) is 8.78 Å². The van der Waals surface area contributed by atoms with Crippen molar-refractivity contribution in [3.8, 4) is 5.88 Å². The monoisotopic (exact) mass is 174 g/mol. The molecule has 0 saturated carbocycles. The Morgan fingerprint density at radius 3 is 2.50 bits per heavy atom. The van der Waals surface area contributed by atoms with Crippen LogP contribution in [0.25, 0.3) is 0 Å². The van der Waals surface area contributed by atoms with Gasteiger partial charge in [-0.2, -0.15) is 13.8 Å². The molecule has 0 fully saturated rings. The quantitative estimate of drug-likeness (QED) is 0.684. The van der Waals surface area contributed by atoms with E-state index in [1.807, 2.05) is 0 Å². The first-order valence-electron chi connectivity index (χ1n) is 3.35. The molecule has 0 spiro atoms. The fourth-order valence-corrected chi connectivity index (χ4v) is 0.835. The number of aromatic nitrogens is 2. The number of ether oxygens (including phenoxy) is 1. The lowest BCUT2D eigenvalue weighted by molar-refractivity contribution is -0.0530. The molecule has 12 heavy (non-hydrogen) atoms. The highest BCUT2D eigenvalue weighted by Gasteiger charge is 2.06. The van der Waals surface area contributed by atoms with Gasteiger partial charge in [-0.1, -0.05) is 0 Å². The fraction of sp³-hybridized carbons (Fsp3) is 0.429. The van der Waals surface area contributed by atoms with Crippen molar-refractivity contribution >= 4 is 0 Å². The van der Waals surface area contributed by atoms with Crippen molar-refractivity contribution in [1.82, 2.24) is 9.97 Å². The normalized spacial score (nSPS) is 10.4. The highest BCUT2D eigenvalue weighted by Crippen LogP contribution is 2.11. The summed E-state index contributed by atoms with van der Waals surface area (Å²) in [5.41, 5.74) is 0.609. The van der Waals surface area contributed by atoms with E-state index in [2.05, 4.69) is 14.7 Å². The molecule has 0 amide bonds. The van der Waals surface area contributed by atoms with Gasteiger partial charge in [0.15, 0.2) is 0 Å². The van der Waals surface area contributed by atoms with Crippen molar-refractivity contribution in [1.29, 1.82) is 0 Å². The van der Waals surface area contributed by atoms with Crippen molar-refractivity contribution in [2.45, 2.75) is 20.5 Å². The molecule has 0 unspecified atom stereocenters. The van der Waals surface area contributed by atoms with E-state index in [0.29, 0.717) is 11.5 Å². The molecule has 0 aliphatic rings. The predicted octanol–water partition coefficient (Wildman–Crippen LogP) is 1.69. The van der Waals surface area contributed by atoms with Crippen molar-refractivity contribution in [2.75, 3.05) is 0 Å². The van der Waals surface area contributed by atoms with Gasteiger partial charge in [0, 0.05) is 11.8 Å². The Morgan fingerprint density at radius 2 is 2.00 bits per heavy atom. The van der Waals surface area contributed by atoms with Crippen molar-refractivity contribution < 1.29 is 13.5 Å². The molecule has 0 bridgehead atoms. The maximum atomic E-state index is 11.7. The first-order valence-corrected chi connectivity index (χ1v) is 3.35. The molecule has 0 aliphatic heterocycles. The predicted molar refractivity (Wildman–Crippen MR) is 38.1 cm³/mol. The molecule has 3 nitrogen and oxygen atoms in total. The van der Waals surface area contributed by atoms with E-state index in [0.717, 1.165) is 0 Å². The Hall–Kier alpha value is -1.26. The van der Waals surface area contributed by atoms with Gasteiger partial charge in [0.1, 0.15) is 5.82 Å². The third kappa shape index (κ3) is 2.41. The third-order valence-corrected chi connectivity index (χ3v) is 1.15. The lowest BCUT2D eigenvalue weighted by Crippen LogP contribution is -2.05. The van der Waals surface area contributed by atoms with Crippen LogP contribution in [0.15, 0.2) is 6.07 Å². The van der Waals surface area contributed by atoms with Crippen LogP contribution in [0.1, 0.15) is 11.5 Å². The molecule has 0 saturated heterocycles. The minimum absolute atomic E-state index is 0.0880. The molecular formula is C7H8F2N2O. The zero-order valence-electron chi connectivity index (χ0n) is 6.71. The maximum Gasteiger partial charge on any atom is 0.388 e. The van der Waals surface area contributed by atoms with Gasteiger partial charge >= 0.3 is 6.61 Å². The Labute approximate surface area is 68.4 Å². The topological polar surface area (TPSA) is 35.0 Å². The SMILES string of the molecule is Cc1cc(OC(F)F)nc(C)n1. The zero-order chi connectivity index (χ0) is 9.14. The Bertz CT molecular complexity index is 258. The second-order valence-electron chi connectivity index (χ2n) is 2.27. The van der Waals surface area contributed by atoms with Crippen LogP contribution in [0.3, 0.4) is 0 Å². The summed E-state index contributed by atoms with van der Waals surface area (Å²) in [4.78, 5) is 7.57. The summed E-state index contributed by atoms with van der Waals surface area (Å²) in [6.07, 6.45) is 0. The van der Waals surface area contributed by atoms with Crippen molar-refractivity contribution in [3.63, 3.8) is 0 Å². The highest BCUT2D eigenvalue weighted by molar-refractivity contribution is 5.14. The Balaban J connectivity index is 2.85. The summed E-state index contributed by atoms with van der Waals surface area (Å²) in [5, 5.41) is 0.